The number of nitrogens with one attached hydrogen (secondary N) is 1. The molecule has 3 aromatic rings. The average Bonchev–Trinajstić information content (AvgIpc) is 3.19. The molecule has 0 bridgehead atoms. The van der Waals surface area contributed by atoms with Crippen molar-refractivity contribution in [2.75, 3.05) is 7.11 Å². The summed E-state index contributed by atoms with van der Waals surface area (Å²) in [7, 11) is -2.69. The van der Waals surface area contributed by atoms with E-state index in [2.05, 4.69) is 4.98 Å². The van der Waals surface area contributed by atoms with E-state index in [0.29, 0.717) is 23.1 Å². The zero-order chi connectivity index (χ0) is 24.2. The van der Waals surface area contributed by atoms with E-state index in [1.54, 1.807) is 26.3 Å². The minimum atomic E-state index is -4.17. The minimum absolute atomic E-state index is 0.0240. The number of nitrogens with zero attached hydrogens (tertiary/aromatic N) is 2. The molecule has 1 heterocycles. The van der Waals surface area contributed by atoms with Gasteiger partial charge in [-0.05, 0) is 49.2 Å². The number of hydroxylamine groups is 1. The second-order valence-electron chi connectivity index (χ2n) is 7.78. The smallest absolute Gasteiger partial charge is 0.262 e. The number of methoxy groups -OCH3 is 1. The van der Waals surface area contributed by atoms with E-state index in [4.69, 9.17) is 9.15 Å². The Kier molecular flexibility index (Phi) is 7.52. The van der Waals surface area contributed by atoms with E-state index in [0.717, 1.165) is 9.87 Å². The SMILES string of the molecule is COc1ccc(S(=O)(=O)N(Cc2nc(-c3ccccc3)oc2C)[C@@H](C(=O)NO)C(C)C)cc1. The van der Waals surface area contributed by atoms with Crippen LogP contribution in [0.5, 0.6) is 5.75 Å². The zero-order valence-corrected chi connectivity index (χ0v) is 19.7. The highest BCUT2D eigenvalue weighted by Gasteiger charge is 2.39. The lowest BCUT2D eigenvalue weighted by molar-refractivity contribution is -0.134. The number of oxazole rings is 1. The largest absolute Gasteiger partial charge is 0.497 e. The van der Waals surface area contributed by atoms with Crippen LogP contribution in [0.15, 0.2) is 63.9 Å². The number of rotatable bonds is 9. The molecular weight excluding hydrogens is 446 g/mol. The van der Waals surface area contributed by atoms with Gasteiger partial charge in [-0.2, -0.15) is 4.31 Å². The molecular formula is C23H27N3O6S. The van der Waals surface area contributed by atoms with Crippen LogP contribution in [0.25, 0.3) is 11.5 Å². The summed E-state index contributed by atoms with van der Waals surface area (Å²) in [4.78, 5) is 17.0. The van der Waals surface area contributed by atoms with Crippen molar-refractivity contribution in [3.8, 4) is 17.2 Å². The van der Waals surface area contributed by atoms with Gasteiger partial charge in [0.05, 0.1) is 24.2 Å². The van der Waals surface area contributed by atoms with Crippen molar-refractivity contribution in [2.24, 2.45) is 5.92 Å². The fourth-order valence-corrected chi connectivity index (χ4v) is 5.16. The topological polar surface area (TPSA) is 122 Å². The lowest BCUT2D eigenvalue weighted by Crippen LogP contribution is -2.51. The van der Waals surface area contributed by atoms with E-state index in [1.807, 2.05) is 30.3 Å². The van der Waals surface area contributed by atoms with E-state index in [1.165, 1.54) is 31.4 Å². The quantitative estimate of drug-likeness (QED) is 0.361. The number of aryl methyl sites for hydroxylation is 1. The molecule has 33 heavy (non-hydrogen) atoms. The van der Waals surface area contributed by atoms with Crippen LogP contribution in [0.1, 0.15) is 25.3 Å². The van der Waals surface area contributed by atoms with E-state index in [-0.39, 0.29) is 11.4 Å². The summed E-state index contributed by atoms with van der Waals surface area (Å²) in [5.41, 5.74) is 2.70. The van der Waals surface area contributed by atoms with Crippen LogP contribution in [0.2, 0.25) is 0 Å². The Balaban J connectivity index is 2.08. The molecule has 176 valence electrons. The zero-order valence-electron chi connectivity index (χ0n) is 18.8. The lowest BCUT2D eigenvalue weighted by Gasteiger charge is -2.31. The molecule has 2 aromatic carbocycles. The molecule has 0 aliphatic carbocycles. The maximum absolute atomic E-state index is 13.7. The van der Waals surface area contributed by atoms with E-state index < -0.39 is 27.9 Å². The van der Waals surface area contributed by atoms with Crippen molar-refractivity contribution in [1.82, 2.24) is 14.8 Å². The summed E-state index contributed by atoms with van der Waals surface area (Å²) < 4.78 is 39.2. The minimum Gasteiger partial charge on any atom is -0.497 e. The molecule has 0 radical (unpaired) electrons. The standard InChI is InChI=1S/C23H27N3O6S/c1-15(2)21(22(27)25-28)26(33(29,30)19-12-10-18(31-4)11-13-19)14-20-16(3)32-23(24-20)17-8-6-5-7-9-17/h5-13,15,21,28H,14H2,1-4H3,(H,25,27)/t21-/m1/s1. The molecule has 3 rings (SSSR count). The van der Waals surface area contributed by atoms with Gasteiger partial charge in [0.2, 0.25) is 15.9 Å². The Morgan fingerprint density at radius 3 is 2.33 bits per heavy atom. The van der Waals surface area contributed by atoms with Crippen LogP contribution in [0.3, 0.4) is 0 Å². The summed E-state index contributed by atoms with van der Waals surface area (Å²) in [6.07, 6.45) is 0. The molecule has 9 nitrogen and oxygen atoms in total. The van der Waals surface area contributed by atoms with E-state index >= 15 is 0 Å². The number of aromatic nitrogens is 1. The van der Waals surface area contributed by atoms with Crippen LogP contribution in [0.4, 0.5) is 0 Å². The summed E-state index contributed by atoms with van der Waals surface area (Å²) in [5.74, 6) is -0.0281. The number of hydrogen-bond acceptors (Lipinski definition) is 7. The Labute approximate surface area is 193 Å². The fraction of sp³-hybridized carbons (Fsp3) is 0.304. The van der Waals surface area contributed by atoms with Crippen LogP contribution < -0.4 is 10.2 Å². The Morgan fingerprint density at radius 2 is 1.79 bits per heavy atom. The second-order valence-corrected chi connectivity index (χ2v) is 9.67. The number of hydrogen-bond donors (Lipinski definition) is 2. The Bertz CT molecular complexity index is 1190. The van der Waals surface area contributed by atoms with Gasteiger partial charge >= 0.3 is 0 Å². The van der Waals surface area contributed by atoms with Gasteiger partial charge in [0, 0.05) is 5.56 Å². The first-order valence-electron chi connectivity index (χ1n) is 10.3. The van der Waals surface area contributed by atoms with Gasteiger partial charge in [0.25, 0.3) is 5.91 Å². The summed E-state index contributed by atoms with van der Waals surface area (Å²) >= 11 is 0. The highest BCUT2D eigenvalue weighted by molar-refractivity contribution is 7.89. The Morgan fingerprint density at radius 1 is 1.15 bits per heavy atom. The maximum Gasteiger partial charge on any atom is 0.262 e. The highest BCUT2D eigenvalue weighted by atomic mass is 32.2. The van der Waals surface area contributed by atoms with Crippen molar-refractivity contribution < 1.29 is 27.6 Å². The van der Waals surface area contributed by atoms with Gasteiger partial charge in [-0.3, -0.25) is 10.0 Å². The fourth-order valence-electron chi connectivity index (χ4n) is 3.47. The first-order chi connectivity index (χ1) is 15.7. The summed E-state index contributed by atoms with van der Waals surface area (Å²) in [6, 6.07) is 13.9. The van der Waals surface area contributed by atoms with Gasteiger partial charge in [0.15, 0.2) is 0 Å². The molecule has 1 aromatic heterocycles. The maximum atomic E-state index is 13.7. The molecule has 2 N–H and O–H groups in total. The second kappa shape index (κ2) is 10.2. The molecule has 0 saturated heterocycles. The monoisotopic (exact) mass is 473 g/mol. The number of carbonyl (C=O) groups is 1. The van der Waals surface area contributed by atoms with Crippen molar-refractivity contribution in [2.45, 2.75) is 38.3 Å². The van der Waals surface area contributed by atoms with Gasteiger partial charge in [0.1, 0.15) is 17.6 Å². The first kappa shape index (κ1) is 24.4. The lowest BCUT2D eigenvalue weighted by atomic mass is 10.0. The first-order valence-corrected chi connectivity index (χ1v) is 11.7. The Hall–Kier alpha value is -3.21. The van der Waals surface area contributed by atoms with Gasteiger partial charge < -0.3 is 9.15 Å². The number of amides is 1. The van der Waals surface area contributed by atoms with Crippen molar-refractivity contribution >= 4 is 15.9 Å². The highest BCUT2D eigenvalue weighted by Crippen LogP contribution is 2.28. The van der Waals surface area contributed by atoms with Gasteiger partial charge in [-0.15, -0.1) is 0 Å². The average molecular weight is 474 g/mol. The number of benzene rings is 2. The van der Waals surface area contributed by atoms with Crippen LogP contribution >= 0.6 is 0 Å². The third kappa shape index (κ3) is 5.24. The number of carbonyl (C=O) groups excluding carboxylic acids is 1. The third-order valence-corrected chi connectivity index (χ3v) is 7.05. The number of sulfonamides is 1. The molecule has 0 aliphatic heterocycles. The van der Waals surface area contributed by atoms with Gasteiger partial charge in [-0.1, -0.05) is 32.0 Å². The molecule has 0 fully saturated rings. The molecule has 10 heteroatoms. The molecule has 0 aliphatic rings. The number of ether oxygens (including phenoxy) is 1. The molecule has 1 atom stereocenters. The predicted octanol–water partition coefficient (Wildman–Crippen LogP) is 3.38. The normalized spacial score (nSPS) is 12.7. The third-order valence-electron chi connectivity index (χ3n) is 5.21. The van der Waals surface area contributed by atoms with Crippen LogP contribution in [-0.2, 0) is 21.4 Å². The van der Waals surface area contributed by atoms with Gasteiger partial charge in [-0.25, -0.2) is 18.9 Å². The summed E-state index contributed by atoms with van der Waals surface area (Å²) in [5, 5.41) is 9.31. The van der Waals surface area contributed by atoms with Crippen LogP contribution in [0, 0.1) is 12.8 Å². The molecule has 0 unspecified atom stereocenters. The van der Waals surface area contributed by atoms with Crippen molar-refractivity contribution in [3.63, 3.8) is 0 Å². The predicted molar refractivity (Wildman–Crippen MR) is 121 cm³/mol. The molecule has 0 saturated carbocycles. The van der Waals surface area contributed by atoms with Crippen molar-refractivity contribution in [1.29, 1.82) is 0 Å². The van der Waals surface area contributed by atoms with Crippen molar-refractivity contribution in [3.05, 3.63) is 66.1 Å². The molecule has 1 amide bonds. The summed E-state index contributed by atoms with van der Waals surface area (Å²) in [6.45, 7) is 4.85. The molecule has 0 spiro atoms. The van der Waals surface area contributed by atoms with Crippen LogP contribution in [-0.4, -0.2) is 42.0 Å². The van der Waals surface area contributed by atoms with E-state index in [9.17, 15) is 18.4 Å².